The minimum atomic E-state index is -1.17. The monoisotopic (exact) mass is 182 g/mol. The molecule has 1 aromatic rings. The van der Waals surface area contributed by atoms with Gasteiger partial charge in [0.15, 0.2) is 5.69 Å². The third-order valence-corrected chi connectivity index (χ3v) is 1.61. The molecule has 1 aromatic heterocycles. The van der Waals surface area contributed by atoms with Crippen LogP contribution in [0.1, 0.15) is 16.1 Å². The summed E-state index contributed by atoms with van der Waals surface area (Å²) in [6.07, 6.45) is 1.23. The summed E-state index contributed by atoms with van der Waals surface area (Å²) < 4.78 is 0. The molecule has 0 bridgehead atoms. The third-order valence-electron chi connectivity index (χ3n) is 1.23. The molecule has 5 heteroatoms. The van der Waals surface area contributed by atoms with Gasteiger partial charge in [-0.05, 0) is 6.07 Å². The molecule has 0 fully saturated rings. The summed E-state index contributed by atoms with van der Waals surface area (Å²) in [5, 5.41) is 16.9. The molecule has 0 spiro atoms. The van der Waals surface area contributed by atoms with Crippen molar-refractivity contribution < 1.29 is 9.90 Å². The maximum Gasteiger partial charge on any atom is 0.337 e. The molecule has 60 valence electrons. The molecule has 0 unspecified atom stereocenters. The molecule has 0 amide bonds. The second-order valence-electron chi connectivity index (χ2n) is 1.94. The van der Waals surface area contributed by atoms with Gasteiger partial charge in [0.1, 0.15) is 6.07 Å². The molecule has 12 heavy (non-hydrogen) atoms. The van der Waals surface area contributed by atoms with Gasteiger partial charge in [0.2, 0.25) is 0 Å². The number of pyridine rings is 1. The molecule has 0 aliphatic rings. The molecule has 1 N–H and O–H groups in total. The number of hydrogen-bond donors (Lipinski definition) is 1. The van der Waals surface area contributed by atoms with E-state index >= 15 is 0 Å². The summed E-state index contributed by atoms with van der Waals surface area (Å²) in [4.78, 5) is 14.1. The van der Waals surface area contributed by atoms with E-state index in [0.29, 0.717) is 0 Å². The van der Waals surface area contributed by atoms with Crippen LogP contribution in [0.3, 0.4) is 0 Å². The summed E-state index contributed by atoms with van der Waals surface area (Å²) >= 11 is 5.54. The highest BCUT2D eigenvalue weighted by atomic mass is 35.5. The largest absolute Gasteiger partial charge is 0.478 e. The third kappa shape index (κ3) is 1.36. The fraction of sp³-hybridized carbons (Fsp3) is 0. The Balaban J connectivity index is 3.35. The summed E-state index contributed by atoms with van der Waals surface area (Å²) in [5.41, 5.74) is -0.181. The van der Waals surface area contributed by atoms with Crippen LogP contribution in [0.5, 0.6) is 0 Å². The van der Waals surface area contributed by atoms with Gasteiger partial charge in [0.25, 0.3) is 0 Å². The van der Waals surface area contributed by atoms with Crippen molar-refractivity contribution in [2.45, 2.75) is 0 Å². The average Bonchev–Trinajstić information content (AvgIpc) is 2.04. The highest BCUT2D eigenvalue weighted by Gasteiger charge is 2.12. The smallest absolute Gasteiger partial charge is 0.337 e. The Hall–Kier alpha value is -1.60. The maximum absolute atomic E-state index is 10.5. The van der Waals surface area contributed by atoms with Crippen LogP contribution < -0.4 is 0 Å². The Morgan fingerprint density at radius 3 is 2.92 bits per heavy atom. The van der Waals surface area contributed by atoms with E-state index in [9.17, 15) is 4.79 Å². The Kier molecular flexibility index (Phi) is 2.26. The van der Waals surface area contributed by atoms with Crippen molar-refractivity contribution in [3.8, 4) is 6.07 Å². The number of carboxylic acid groups (broad SMARTS) is 1. The Morgan fingerprint density at radius 2 is 2.42 bits per heavy atom. The summed E-state index contributed by atoms with van der Waals surface area (Å²) in [5.74, 6) is -1.17. The first-order chi connectivity index (χ1) is 5.66. The lowest BCUT2D eigenvalue weighted by Crippen LogP contribution is -1.99. The van der Waals surface area contributed by atoms with E-state index in [-0.39, 0.29) is 16.3 Å². The maximum atomic E-state index is 10.5. The highest BCUT2D eigenvalue weighted by Crippen LogP contribution is 2.17. The van der Waals surface area contributed by atoms with E-state index in [0.717, 1.165) is 0 Å². The molecule has 0 atom stereocenters. The number of nitriles is 1. The van der Waals surface area contributed by atoms with E-state index in [4.69, 9.17) is 22.0 Å². The number of carbonyl (C=O) groups is 1. The SMILES string of the molecule is N#Cc1nccc(C(=O)O)c1Cl. The molecular formula is C7H3ClN2O2. The molecule has 0 aromatic carbocycles. The fourth-order valence-corrected chi connectivity index (χ4v) is 0.922. The lowest BCUT2D eigenvalue weighted by atomic mass is 10.2. The molecule has 0 aliphatic heterocycles. The molecule has 4 nitrogen and oxygen atoms in total. The van der Waals surface area contributed by atoms with Crippen molar-refractivity contribution in [2.75, 3.05) is 0 Å². The molecule has 0 saturated carbocycles. The minimum absolute atomic E-state index is 0.0726. The van der Waals surface area contributed by atoms with Crippen LogP contribution in [0.15, 0.2) is 12.3 Å². The summed E-state index contributed by atoms with van der Waals surface area (Å²) in [6, 6.07) is 2.93. The zero-order valence-corrected chi connectivity index (χ0v) is 6.54. The molecule has 0 aliphatic carbocycles. The predicted molar refractivity (Wildman–Crippen MR) is 40.9 cm³/mol. The molecule has 0 radical (unpaired) electrons. The first-order valence-electron chi connectivity index (χ1n) is 2.94. The number of aromatic carboxylic acids is 1. The van der Waals surface area contributed by atoms with Gasteiger partial charge in [0.05, 0.1) is 10.6 Å². The van der Waals surface area contributed by atoms with Gasteiger partial charge in [0, 0.05) is 6.20 Å². The molecule has 0 saturated heterocycles. The van der Waals surface area contributed by atoms with Crippen LogP contribution in [0.2, 0.25) is 5.02 Å². The van der Waals surface area contributed by atoms with Crippen molar-refractivity contribution in [3.63, 3.8) is 0 Å². The van der Waals surface area contributed by atoms with Crippen molar-refractivity contribution >= 4 is 17.6 Å². The van der Waals surface area contributed by atoms with Crippen molar-refractivity contribution in [2.24, 2.45) is 0 Å². The summed E-state index contributed by atoms with van der Waals surface area (Å²) in [7, 11) is 0. The van der Waals surface area contributed by atoms with Crippen LogP contribution in [0, 0.1) is 11.3 Å². The Labute approximate surface area is 73.0 Å². The van der Waals surface area contributed by atoms with Crippen LogP contribution >= 0.6 is 11.6 Å². The average molecular weight is 183 g/mol. The lowest BCUT2D eigenvalue weighted by molar-refractivity contribution is 0.0697. The van der Waals surface area contributed by atoms with Gasteiger partial charge in [-0.1, -0.05) is 11.6 Å². The zero-order valence-electron chi connectivity index (χ0n) is 5.78. The van der Waals surface area contributed by atoms with Gasteiger partial charge in [-0.15, -0.1) is 0 Å². The van der Waals surface area contributed by atoms with Crippen molar-refractivity contribution in [1.29, 1.82) is 5.26 Å². The first-order valence-corrected chi connectivity index (χ1v) is 3.32. The predicted octanol–water partition coefficient (Wildman–Crippen LogP) is 1.30. The van der Waals surface area contributed by atoms with Gasteiger partial charge in [-0.25, -0.2) is 9.78 Å². The van der Waals surface area contributed by atoms with Crippen LogP contribution in [0.25, 0.3) is 0 Å². The normalized spacial score (nSPS) is 9.00. The molecule has 1 rings (SSSR count). The van der Waals surface area contributed by atoms with E-state index in [1.807, 2.05) is 0 Å². The van der Waals surface area contributed by atoms with Crippen LogP contribution in [0.4, 0.5) is 0 Å². The van der Waals surface area contributed by atoms with Gasteiger partial charge < -0.3 is 5.11 Å². The van der Waals surface area contributed by atoms with Crippen LogP contribution in [-0.4, -0.2) is 16.1 Å². The van der Waals surface area contributed by atoms with E-state index < -0.39 is 5.97 Å². The second kappa shape index (κ2) is 3.20. The standard InChI is InChI=1S/C7H3ClN2O2/c8-6-4(7(11)12)1-2-10-5(6)3-9/h1-2H,(H,11,12). The quantitative estimate of drug-likeness (QED) is 0.711. The number of carboxylic acids is 1. The fourth-order valence-electron chi connectivity index (χ4n) is 0.687. The number of halogens is 1. The Bertz CT molecular complexity index is 370. The van der Waals surface area contributed by atoms with Crippen molar-refractivity contribution in [3.05, 3.63) is 28.5 Å². The van der Waals surface area contributed by atoms with Gasteiger partial charge in [-0.3, -0.25) is 0 Å². The number of rotatable bonds is 1. The van der Waals surface area contributed by atoms with E-state index in [1.165, 1.54) is 12.3 Å². The summed E-state index contributed by atoms with van der Waals surface area (Å²) in [6.45, 7) is 0. The highest BCUT2D eigenvalue weighted by molar-refractivity contribution is 6.34. The minimum Gasteiger partial charge on any atom is -0.478 e. The number of hydrogen-bond acceptors (Lipinski definition) is 3. The molecular weight excluding hydrogens is 180 g/mol. The van der Waals surface area contributed by atoms with Crippen LogP contribution in [-0.2, 0) is 0 Å². The van der Waals surface area contributed by atoms with Gasteiger partial charge >= 0.3 is 5.97 Å². The topological polar surface area (TPSA) is 74.0 Å². The number of nitrogens with zero attached hydrogens (tertiary/aromatic N) is 2. The van der Waals surface area contributed by atoms with Crippen molar-refractivity contribution in [1.82, 2.24) is 4.98 Å². The lowest BCUT2D eigenvalue weighted by Gasteiger charge is -1.97. The zero-order chi connectivity index (χ0) is 9.14. The van der Waals surface area contributed by atoms with Gasteiger partial charge in [-0.2, -0.15) is 5.26 Å². The van der Waals surface area contributed by atoms with E-state index in [1.54, 1.807) is 6.07 Å². The Morgan fingerprint density at radius 1 is 1.75 bits per heavy atom. The second-order valence-corrected chi connectivity index (χ2v) is 2.32. The molecule has 1 heterocycles. The van der Waals surface area contributed by atoms with E-state index in [2.05, 4.69) is 4.98 Å². The first kappa shape index (κ1) is 8.50. The number of aromatic nitrogens is 1.